The van der Waals surface area contributed by atoms with E-state index in [1.54, 1.807) is 6.92 Å². The molecule has 1 aliphatic heterocycles. The lowest BCUT2D eigenvalue weighted by molar-refractivity contribution is -0.112. The Labute approximate surface area is 197 Å². The molecule has 5 rings (SSSR count). The number of anilines is 2. The molecule has 0 spiro atoms. The van der Waals surface area contributed by atoms with Crippen LogP contribution in [0.3, 0.4) is 0 Å². The van der Waals surface area contributed by atoms with Gasteiger partial charge in [-0.2, -0.15) is 0 Å². The molecule has 34 heavy (non-hydrogen) atoms. The van der Waals surface area contributed by atoms with Crippen LogP contribution in [0.15, 0.2) is 60.9 Å². The summed E-state index contributed by atoms with van der Waals surface area (Å²) in [7, 11) is -1.22. The van der Waals surface area contributed by atoms with E-state index in [9.17, 15) is 13.2 Å². The molecule has 3 heterocycles. The highest BCUT2D eigenvalue weighted by Gasteiger charge is 2.27. The number of nitrogens with zero attached hydrogens (tertiary/aromatic N) is 3. The number of nitrogens with one attached hydrogen (secondary N) is 1. The average Bonchev–Trinajstić information content (AvgIpc) is 3.26. The van der Waals surface area contributed by atoms with E-state index in [1.165, 1.54) is 6.33 Å². The smallest absolute Gasteiger partial charge is 0.250 e. The number of nitrogen functional groups attached to an aromatic ring is 1. The van der Waals surface area contributed by atoms with Gasteiger partial charge in [-0.15, -0.1) is 0 Å². The molecule has 8 nitrogen and oxygen atoms in total. The summed E-state index contributed by atoms with van der Waals surface area (Å²) in [5.74, 6) is 0.196. The second-order valence-corrected chi connectivity index (χ2v) is 10.6. The van der Waals surface area contributed by atoms with Gasteiger partial charge in [0, 0.05) is 23.9 Å². The highest BCUT2D eigenvalue weighted by molar-refractivity contribution is 7.90. The fourth-order valence-electron chi connectivity index (χ4n) is 4.43. The number of rotatable bonds is 4. The molecule has 1 amide bonds. The summed E-state index contributed by atoms with van der Waals surface area (Å²) in [4.78, 5) is 20.6. The number of carbonyl (C=O) groups excluding carboxylic acids is 1. The van der Waals surface area contributed by atoms with E-state index in [0.717, 1.165) is 33.5 Å². The van der Waals surface area contributed by atoms with Gasteiger partial charge in [-0.25, -0.2) is 18.4 Å². The van der Waals surface area contributed by atoms with Gasteiger partial charge in [0.05, 0.1) is 22.6 Å². The van der Waals surface area contributed by atoms with Crippen LogP contribution in [-0.2, 0) is 33.2 Å². The first-order chi connectivity index (χ1) is 16.1. The molecule has 0 aliphatic carbocycles. The third-order valence-corrected chi connectivity index (χ3v) is 7.55. The van der Waals surface area contributed by atoms with Crippen molar-refractivity contribution in [1.82, 2.24) is 14.5 Å². The molecule has 0 bridgehead atoms. The maximum Gasteiger partial charge on any atom is 0.250 e. The minimum Gasteiger partial charge on any atom is -0.383 e. The highest BCUT2D eigenvalue weighted by atomic mass is 32.2. The number of benzene rings is 2. The molecule has 0 atom stereocenters. The first-order valence-electron chi connectivity index (χ1n) is 10.6. The van der Waals surface area contributed by atoms with Gasteiger partial charge in [0.1, 0.15) is 17.8 Å². The standard InChI is InChI=1S/C25H23N5O3S/c1-14(2)25(31)29-19-8-6-15(7-9-19)22-20(21-23(26)27-13-28-24(21)30(22)3)16-4-5-17-11-34(32,33)12-18(17)10-16/h4-10,13H,1,11-12H2,2-3H3,(H,29,31)(H2,26,27,28). The maximum atomic E-state index is 12.2. The van der Waals surface area contributed by atoms with Crippen LogP contribution < -0.4 is 11.1 Å². The molecule has 0 saturated carbocycles. The number of sulfone groups is 1. The number of amides is 1. The van der Waals surface area contributed by atoms with Gasteiger partial charge in [-0.1, -0.05) is 30.8 Å². The quantitative estimate of drug-likeness (QED) is 0.435. The first-order valence-corrected chi connectivity index (χ1v) is 12.5. The van der Waals surface area contributed by atoms with Crippen LogP contribution >= 0.6 is 0 Å². The Morgan fingerprint density at radius 3 is 2.44 bits per heavy atom. The number of hydrogen-bond donors (Lipinski definition) is 2. The van der Waals surface area contributed by atoms with Crippen LogP contribution in [0.1, 0.15) is 18.1 Å². The molecular formula is C25H23N5O3S. The third-order valence-electron chi connectivity index (χ3n) is 6.05. The number of fused-ring (bicyclic) bond motifs is 2. The zero-order chi connectivity index (χ0) is 24.2. The van der Waals surface area contributed by atoms with Crippen LogP contribution in [0.2, 0.25) is 0 Å². The summed E-state index contributed by atoms with van der Waals surface area (Å²) < 4.78 is 26.3. The van der Waals surface area contributed by atoms with Gasteiger partial charge in [0.2, 0.25) is 0 Å². The number of hydrogen-bond acceptors (Lipinski definition) is 6. The molecule has 0 fully saturated rings. The van der Waals surface area contributed by atoms with E-state index < -0.39 is 9.84 Å². The number of aryl methyl sites for hydroxylation is 1. The lowest BCUT2D eigenvalue weighted by Gasteiger charge is -2.11. The van der Waals surface area contributed by atoms with E-state index in [1.807, 2.05) is 54.1 Å². The van der Waals surface area contributed by atoms with E-state index in [0.29, 0.717) is 28.1 Å². The molecule has 3 N–H and O–H groups in total. The molecule has 172 valence electrons. The SMILES string of the molecule is C=C(C)C(=O)Nc1ccc(-c2c(-c3ccc4c(c3)CS(=O)(=O)C4)c3c(N)ncnc3n2C)cc1. The van der Waals surface area contributed by atoms with Crippen molar-refractivity contribution < 1.29 is 13.2 Å². The summed E-state index contributed by atoms with van der Waals surface area (Å²) in [6.07, 6.45) is 1.43. The van der Waals surface area contributed by atoms with Gasteiger partial charge in [-0.05, 0) is 47.4 Å². The monoisotopic (exact) mass is 473 g/mol. The number of aromatic nitrogens is 3. The van der Waals surface area contributed by atoms with E-state index in [2.05, 4.69) is 21.9 Å². The minimum absolute atomic E-state index is 0.0272. The van der Waals surface area contributed by atoms with Crippen molar-refractivity contribution in [3.63, 3.8) is 0 Å². The fraction of sp³-hybridized carbons (Fsp3) is 0.160. The minimum atomic E-state index is -3.13. The molecule has 4 aromatic rings. The zero-order valence-electron chi connectivity index (χ0n) is 18.8. The second kappa shape index (κ2) is 7.81. The van der Waals surface area contributed by atoms with Gasteiger partial charge in [0.15, 0.2) is 9.84 Å². The predicted octanol–water partition coefficient (Wildman–Crippen LogP) is 3.83. The lowest BCUT2D eigenvalue weighted by atomic mass is 9.96. The Morgan fingerprint density at radius 1 is 1.06 bits per heavy atom. The Balaban J connectivity index is 1.69. The van der Waals surface area contributed by atoms with Gasteiger partial charge in [-0.3, -0.25) is 4.79 Å². The Morgan fingerprint density at radius 2 is 1.74 bits per heavy atom. The van der Waals surface area contributed by atoms with Crippen molar-refractivity contribution in [3.8, 4) is 22.4 Å². The third kappa shape index (κ3) is 3.63. The Bertz CT molecular complexity index is 1600. The van der Waals surface area contributed by atoms with Gasteiger partial charge < -0.3 is 15.6 Å². The van der Waals surface area contributed by atoms with Crippen molar-refractivity contribution in [3.05, 3.63) is 72.1 Å². The van der Waals surface area contributed by atoms with Crippen molar-refractivity contribution in [2.45, 2.75) is 18.4 Å². The molecule has 9 heteroatoms. The van der Waals surface area contributed by atoms with Crippen molar-refractivity contribution >= 4 is 38.3 Å². The van der Waals surface area contributed by atoms with E-state index >= 15 is 0 Å². The molecule has 2 aromatic carbocycles. The zero-order valence-corrected chi connectivity index (χ0v) is 19.6. The summed E-state index contributed by atoms with van der Waals surface area (Å²) in [5, 5.41) is 3.52. The van der Waals surface area contributed by atoms with Crippen LogP contribution in [0.25, 0.3) is 33.4 Å². The van der Waals surface area contributed by atoms with Crippen molar-refractivity contribution in [1.29, 1.82) is 0 Å². The largest absolute Gasteiger partial charge is 0.383 e. The second-order valence-electron chi connectivity index (χ2n) is 8.57. The summed E-state index contributed by atoms with van der Waals surface area (Å²) in [6, 6.07) is 13.2. The van der Waals surface area contributed by atoms with Crippen LogP contribution in [0, 0.1) is 0 Å². The summed E-state index contributed by atoms with van der Waals surface area (Å²) in [5.41, 5.74) is 13.1. The molecule has 1 aliphatic rings. The normalized spacial score (nSPS) is 14.2. The van der Waals surface area contributed by atoms with Crippen LogP contribution in [0.5, 0.6) is 0 Å². The van der Waals surface area contributed by atoms with Gasteiger partial charge >= 0.3 is 0 Å². The predicted molar refractivity (Wildman–Crippen MR) is 134 cm³/mol. The van der Waals surface area contributed by atoms with Crippen molar-refractivity contribution in [2.24, 2.45) is 7.05 Å². The highest BCUT2D eigenvalue weighted by Crippen LogP contribution is 2.43. The lowest BCUT2D eigenvalue weighted by Crippen LogP contribution is -2.11. The molecular weight excluding hydrogens is 450 g/mol. The van der Waals surface area contributed by atoms with Crippen LogP contribution in [-0.4, -0.2) is 28.9 Å². The van der Waals surface area contributed by atoms with Crippen molar-refractivity contribution in [2.75, 3.05) is 11.1 Å². The van der Waals surface area contributed by atoms with E-state index in [-0.39, 0.29) is 17.4 Å². The molecule has 0 saturated heterocycles. The topological polar surface area (TPSA) is 120 Å². The molecule has 0 radical (unpaired) electrons. The maximum absolute atomic E-state index is 12.2. The van der Waals surface area contributed by atoms with E-state index in [4.69, 9.17) is 5.73 Å². The summed E-state index contributed by atoms with van der Waals surface area (Å²) in [6.45, 7) is 5.31. The number of nitrogens with two attached hydrogens (primary N) is 1. The molecule has 0 unspecified atom stereocenters. The van der Waals surface area contributed by atoms with Crippen LogP contribution in [0.4, 0.5) is 11.5 Å². The summed E-state index contributed by atoms with van der Waals surface area (Å²) >= 11 is 0. The Hall–Kier alpha value is -3.98. The Kier molecular flexibility index (Phi) is 5.02. The number of carbonyl (C=O) groups is 1. The average molecular weight is 474 g/mol. The first kappa shape index (κ1) is 21.8. The molecule has 2 aromatic heterocycles. The fourth-order valence-corrected chi connectivity index (χ4v) is 6.03. The van der Waals surface area contributed by atoms with Gasteiger partial charge in [0.25, 0.3) is 5.91 Å².